The third-order valence-corrected chi connectivity index (χ3v) is 11.0. The van der Waals surface area contributed by atoms with Gasteiger partial charge in [-0.25, -0.2) is 0 Å². The van der Waals surface area contributed by atoms with Gasteiger partial charge in [-0.15, -0.1) is 11.3 Å². The Labute approximate surface area is 288 Å². The zero-order valence-corrected chi connectivity index (χ0v) is 27.4. The highest BCUT2D eigenvalue weighted by atomic mass is 32.1. The van der Waals surface area contributed by atoms with E-state index in [1.54, 1.807) is 0 Å². The molecule has 2 heterocycles. The maximum absolute atomic E-state index is 2.44. The summed E-state index contributed by atoms with van der Waals surface area (Å²) < 4.78 is 5.07. The first-order valence-electron chi connectivity index (χ1n) is 16.7. The Morgan fingerprint density at radius 2 is 1.06 bits per heavy atom. The van der Waals surface area contributed by atoms with Crippen LogP contribution in [-0.2, 0) is 0 Å². The smallest absolute Gasteiger partial charge is 0.0727 e. The monoisotopic (exact) mass is 642 g/mol. The Kier molecular flexibility index (Phi) is 6.39. The molecule has 0 aliphatic rings. The predicted molar refractivity (Wildman–Crippen MR) is 211 cm³/mol. The molecular formula is C46H30N2S. The van der Waals surface area contributed by atoms with Gasteiger partial charge in [0.1, 0.15) is 0 Å². The van der Waals surface area contributed by atoms with Gasteiger partial charge in [-0.1, -0.05) is 133 Å². The van der Waals surface area contributed by atoms with E-state index in [4.69, 9.17) is 0 Å². The molecule has 0 fully saturated rings. The van der Waals surface area contributed by atoms with Gasteiger partial charge in [0, 0.05) is 37.9 Å². The SMILES string of the molecule is c1ccc(N(c2cccc(-c3cccc4c3sc3c5ccccc5n(-c5ccccc5)c43)c2)c2cc3ccccc3c3ccccc23)cc1. The number of hydrogen-bond donors (Lipinski definition) is 0. The highest BCUT2D eigenvalue weighted by Crippen LogP contribution is 2.47. The molecule has 8 aromatic carbocycles. The van der Waals surface area contributed by atoms with Crippen molar-refractivity contribution in [3.8, 4) is 16.8 Å². The fourth-order valence-corrected chi connectivity index (χ4v) is 8.96. The average molecular weight is 643 g/mol. The highest BCUT2D eigenvalue weighted by Gasteiger charge is 2.21. The van der Waals surface area contributed by atoms with Crippen molar-refractivity contribution < 1.29 is 0 Å². The van der Waals surface area contributed by atoms with Crippen LogP contribution in [0.25, 0.3) is 69.6 Å². The van der Waals surface area contributed by atoms with Gasteiger partial charge < -0.3 is 9.47 Å². The van der Waals surface area contributed by atoms with Crippen LogP contribution in [0.3, 0.4) is 0 Å². The number of thiophene rings is 1. The van der Waals surface area contributed by atoms with Crippen molar-refractivity contribution in [1.82, 2.24) is 4.57 Å². The number of para-hydroxylation sites is 3. The molecule has 0 saturated carbocycles. The summed E-state index contributed by atoms with van der Waals surface area (Å²) in [4.78, 5) is 2.42. The van der Waals surface area contributed by atoms with E-state index in [0.717, 1.165) is 11.4 Å². The molecule has 2 aromatic heterocycles. The molecular weight excluding hydrogens is 613 g/mol. The van der Waals surface area contributed by atoms with Gasteiger partial charge >= 0.3 is 0 Å². The lowest BCUT2D eigenvalue weighted by Gasteiger charge is -2.28. The summed E-state index contributed by atoms with van der Waals surface area (Å²) in [5.74, 6) is 0. The van der Waals surface area contributed by atoms with E-state index in [9.17, 15) is 0 Å². The molecule has 0 aliphatic carbocycles. The molecule has 49 heavy (non-hydrogen) atoms. The first kappa shape index (κ1) is 27.9. The van der Waals surface area contributed by atoms with Crippen molar-refractivity contribution >= 4 is 81.1 Å². The van der Waals surface area contributed by atoms with E-state index < -0.39 is 0 Å². The summed E-state index contributed by atoms with van der Waals surface area (Å²) in [6.45, 7) is 0. The first-order valence-corrected chi connectivity index (χ1v) is 17.5. The third-order valence-electron chi connectivity index (χ3n) is 9.73. The number of hydrogen-bond acceptors (Lipinski definition) is 2. The van der Waals surface area contributed by atoms with Gasteiger partial charge in [-0.05, 0) is 75.8 Å². The van der Waals surface area contributed by atoms with Crippen molar-refractivity contribution in [1.29, 1.82) is 0 Å². The fraction of sp³-hybridized carbons (Fsp3) is 0. The molecule has 0 aliphatic heterocycles. The molecule has 3 heteroatoms. The number of anilines is 3. The van der Waals surface area contributed by atoms with Gasteiger partial charge in [0.15, 0.2) is 0 Å². The zero-order chi connectivity index (χ0) is 32.3. The number of aromatic nitrogens is 1. The molecule has 230 valence electrons. The lowest BCUT2D eigenvalue weighted by Crippen LogP contribution is -2.10. The zero-order valence-electron chi connectivity index (χ0n) is 26.6. The molecule has 0 N–H and O–H groups in total. The van der Waals surface area contributed by atoms with Gasteiger partial charge in [0.25, 0.3) is 0 Å². The topological polar surface area (TPSA) is 8.17 Å². The van der Waals surface area contributed by atoms with Crippen molar-refractivity contribution in [3.63, 3.8) is 0 Å². The highest BCUT2D eigenvalue weighted by molar-refractivity contribution is 7.27. The van der Waals surface area contributed by atoms with E-state index in [1.165, 1.54) is 75.3 Å². The Morgan fingerprint density at radius 3 is 1.90 bits per heavy atom. The molecule has 0 atom stereocenters. The molecule has 0 unspecified atom stereocenters. The van der Waals surface area contributed by atoms with Gasteiger partial charge in [-0.2, -0.15) is 0 Å². The minimum atomic E-state index is 1.13. The lowest BCUT2D eigenvalue weighted by atomic mass is 9.98. The summed E-state index contributed by atoms with van der Waals surface area (Å²) in [6.07, 6.45) is 0. The van der Waals surface area contributed by atoms with Crippen LogP contribution in [0.15, 0.2) is 182 Å². The standard InChI is InChI=1S/C46H30N2S/c1-3-17-33(18-4-1)47(43-30-32-15-7-8-22-36(32)38-23-9-10-24-39(38)43)35-21-13-16-31(29-35)37-26-14-27-41-44-46(49-45(37)41)40-25-11-12-28-42(40)48(44)34-19-5-2-6-20-34/h1-30H. The van der Waals surface area contributed by atoms with E-state index in [0.29, 0.717) is 0 Å². The summed E-state index contributed by atoms with van der Waals surface area (Å²) >= 11 is 1.90. The van der Waals surface area contributed by atoms with E-state index in [2.05, 4.69) is 191 Å². The fourth-order valence-electron chi connectivity index (χ4n) is 7.60. The van der Waals surface area contributed by atoms with Crippen molar-refractivity contribution in [2.75, 3.05) is 4.90 Å². The van der Waals surface area contributed by atoms with E-state index in [-0.39, 0.29) is 0 Å². The second-order valence-corrected chi connectivity index (χ2v) is 13.6. The van der Waals surface area contributed by atoms with Crippen molar-refractivity contribution in [3.05, 3.63) is 182 Å². The van der Waals surface area contributed by atoms with Gasteiger partial charge in [-0.3, -0.25) is 0 Å². The molecule has 2 nitrogen and oxygen atoms in total. The summed E-state index contributed by atoms with van der Waals surface area (Å²) in [6, 6.07) is 66.0. The Hall–Kier alpha value is -6.16. The number of rotatable bonds is 5. The third kappa shape index (κ3) is 4.40. The Morgan fingerprint density at radius 1 is 0.429 bits per heavy atom. The molecule has 0 radical (unpaired) electrons. The average Bonchev–Trinajstić information content (AvgIpc) is 3.71. The van der Waals surface area contributed by atoms with Crippen LogP contribution in [0.4, 0.5) is 17.1 Å². The minimum absolute atomic E-state index is 1.13. The lowest BCUT2D eigenvalue weighted by molar-refractivity contribution is 1.19. The van der Waals surface area contributed by atoms with E-state index in [1.807, 2.05) is 11.3 Å². The molecule has 0 spiro atoms. The molecule has 0 saturated heterocycles. The van der Waals surface area contributed by atoms with Crippen LogP contribution < -0.4 is 4.90 Å². The van der Waals surface area contributed by atoms with Crippen LogP contribution in [0.2, 0.25) is 0 Å². The van der Waals surface area contributed by atoms with Crippen LogP contribution in [0.5, 0.6) is 0 Å². The summed E-state index contributed by atoms with van der Waals surface area (Å²) in [5, 5.41) is 7.56. The van der Waals surface area contributed by atoms with Gasteiger partial charge in [0.05, 0.1) is 21.4 Å². The number of nitrogens with zero attached hydrogens (tertiary/aromatic N) is 2. The van der Waals surface area contributed by atoms with Crippen molar-refractivity contribution in [2.24, 2.45) is 0 Å². The van der Waals surface area contributed by atoms with E-state index >= 15 is 0 Å². The second kappa shape index (κ2) is 11.2. The van der Waals surface area contributed by atoms with Crippen molar-refractivity contribution in [2.45, 2.75) is 0 Å². The van der Waals surface area contributed by atoms with Crippen LogP contribution in [-0.4, -0.2) is 4.57 Å². The molecule has 10 aromatic rings. The van der Waals surface area contributed by atoms with Crippen LogP contribution >= 0.6 is 11.3 Å². The Balaban J connectivity index is 1.21. The summed E-state index contributed by atoms with van der Waals surface area (Å²) in [5.41, 5.74) is 9.58. The Bertz CT molecular complexity index is 2830. The van der Waals surface area contributed by atoms with Gasteiger partial charge in [0.2, 0.25) is 0 Å². The molecule has 0 bridgehead atoms. The molecule has 0 amide bonds. The second-order valence-electron chi connectivity index (χ2n) is 12.5. The van der Waals surface area contributed by atoms with Crippen LogP contribution in [0, 0.1) is 0 Å². The normalized spacial score (nSPS) is 11.7. The maximum atomic E-state index is 2.44. The maximum Gasteiger partial charge on any atom is 0.0727 e. The predicted octanol–water partition coefficient (Wildman–Crippen LogP) is 13.4. The number of benzene rings is 8. The number of fused-ring (bicyclic) bond motifs is 8. The quantitative estimate of drug-likeness (QED) is 0.170. The van der Waals surface area contributed by atoms with Crippen LogP contribution in [0.1, 0.15) is 0 Å². The molecule has 10 rings (SSSR count). The summed E-state index contributed by atoms with van der Waals surface area (Å²) in [7, 11) is 0. The largest absolute Gasteiger partial charge is 0.310 e. The minimum Gasteiger partial charge on any atom is -0.310 e. The first-order chi connectivity index (χ1) is 24.3.